The first-order valence-electron chi connectivity index (χ1n) is 6.54. The summed E-state index contributed by atoms with van der Waals surface area (Å²) in [5.41, 5.74) is 0.812. The molecule has 0 spiro atoms. The highest BCUT2D eigenvalue weighted by Gasteiger charge is 2.19. The van der Waals surface area contributed by atoms with Crippen LogP contribution in [0.4, 0.5) is 0 Å². The van der Waals surface area contributed by atoms with Gasteiger partial charge in [-0.2, -0.15) is 5.10 Å². The van der Waals surface area contributed by atoms with Crippen molar-refractivity contribution >= 4 is 33.5 Å². The van der Waals surface area contributed by atoms with Crippen molar-refractivity contribution in [1.29, 1.82) is 0 Å². The largest absolute Gasteiger partial charge is 0.454 e. The Kier molecular flexibility index (Phi) is 5.35. The van der Waals surface area contributed by atoms with E-state index < -0.39 is 5.97 Å². The first-order chi connectivity index (χ1) is 10.1. The Hall–Kier alpha value is -1.41. The molecule has 0 bridgehead atoms. The van der Waals surface area contributed by atoms with Crippen LogP contribution >= 0.6 is 27.5 Å². The number of halogens is 2. The maximum absolute atomic E-state index is 12.0. The zero-order valence-corrected chi connectivity index (χ0v) is 14.1. The van der Waals surface area contributed by atoms with Gasteiger partial charge >= 0.3 is 5.97 Å². The molecule has 2 rings (SSSR count). The van der Waals surface area contributed by atoms with Crippen LogP contribution in [-0.2, 0) is 24.4 Å². The van der Waals surface area contributed by atoms with Crippen molar-refractivity contribution in [2.24, 2.45) is 0 Å². The Morgan fingerprint density at radius 1 is 1.48 bits per heavy atom. The molecule has 2 aromatic rings. The normalized spacial score (nSPS) is 10.9. The minimum Gasteiger partial charge on any atom is -0.454 e. The SMILES string of the molecule is CCCn1cc(Cl)c(C(=O)OCc2c(Br)nnn2CC)n1. The number of carbonyl (C=O) groups excluding carboxylic acids is 1. The van der Waals surface area contributed by atoms with Gasteiger partial charge in [0.25, 0.3) is 0 Å². The molecular formula is C12H15BrClN5O2. The first-order valence-corrected chi connectivity index (χ1v) is 7.71. The van der Waals surface area contributed by atoms with E-state index in [0.29, 0.717) is 23.4 Å². The molecule has 0 aromatic carbocycles. The molecule has 21 heavy (non-hydrogen) atoms. The average molecular weight is 377 g/mol. The molecule has 0 fully saturated rings. The van der Waals surface area contributed by atoms with Gasteiger partial charge in [-0.15, -0.1) is 5.10 Å². The van der Waals surface area contributed by atoms with Gasteiger partial charge in [0.2, 0.25) is 0 Å². The van der Waals surface area contributed by atoms with Crippen LogP contribution in [0.2, 0.25) is 5.02 Å². The van der Waals surface area contributed by atoms with Gasteiger partial charge in [0.1, 0.15) is 12.3 Å². The van der Waals surface area contributed by atoms with Crippen LogP contribution in [0.3, 0.4) is 0 Å². The van der Waals surface area contributed by atoms with Crippen molar-refractivity contribution in [3.05, 3.63) is 27.2 Å². The molecule has 7 nitrogen and oxygen atoms in total. The van der Waals surface area contributed by atoms with Crippen molar-refractivity contribution in [1.82, 2.24) is 24.8 Å². The number of hydrogen-bond acceptors (Lipinski definition) is 5. The van der Waals surface area contributed by atoms with Crippen LogP contribution in [-0.4, -0.2) is 30.7 Å². The van der Waals surface area contributed by atoms with E-state index in [9.17, 15) is 4.79 Å². The third kappa shape index (κ3) is 3.62. The van der Waals surface area contributed by atoms with Crippen LogP contribution in [0, 0.1) is 0 Å². The number of aryl methyl sites for hydroxylation is 2. The van der Waals surface area contributed by atoms with Crippen LogP contribution in [0.1, 0.15) is 36.5 Å². The summed E-state index contributed by atoms with van der Waals surface area (Å²) in [6.45, 7) is 5.33. The zero-order chi connectivity index (χ0) is 15.4. The molecule has 0 atom stereocenters. The van der Waals surface area contributed by atoms with Gasteiger partial charge in [0.15, 0.2) is 10.3 Å². The van der Waals surface area contributed by atoms with Gasteiger partial charge in [0, 0.05) is 19.3 Å². The van der Waals surface area contributed by atoms with Gasteiger partial charge in [-0.1, -0.05) is 23.7 Å². The van der Waals surface area contributed by atoms with Gasteiger partial charge in [-0.05, 0) is 29.3 Å². The maximum Gasteiger partial charge on any atom is 0.360 e. The van der Waals surface area contributed by atoms with Crippen LogP contribution in [0.15, 0.2) is 10.8 Å². The summed E-state index contributed by atoms with van der Waals surface area (Å²) in [4.78, 5) is 12.0. The Morgan fingerprint density at radius 3 is 2.90 bits per heavy atom. The van der Waals surface area contributed by atoms with E-state index in [1.807, 2.05) is 13.8 Å². The second kappa shape index (κ2) is 7.04. The van der Waals surface area contributed by atoms with Crippen molar-refractivity contribution in [3.63, 3.8) is 0 Å². The number of nitrogens with zero attached hydrogens (tertiary/aromatic N) is 5. The second-order valence-corrected chi connectivity index (χ2v) is 5.47. The Morgan fingerprint density at radius 2 is 2.24 bits per heavy atom. The van der Waals surface area contributed by atoms with Crippen LogP contribution in [0.25, 0.3) is 0 Å². The standard InChI is InChI=1S/C12H15BrClN5O2/c1-3-5-18-6-8(14)10(16-18)12(20)21-7-9-11(13)15-17-19(9)4-2/h6H,3-5,7H2,1-2H3. The number of esters is 1. The summed E-state index contributed by atoms with van der Waals surface area (Å²) in [5.74, 6) is -0.564. The fourth-order valence-electron chi connectivity index (χ4n) is 1.78. The molecule has 114 valence electrons. The van der Waals surface area contributed by atoms with Gasteiger partial charge in [-0.3, -0.25) is 4.68 Å². The highest BCUT2D eigenvalue weighted by Crippen LogP contribution is 2.18. The first kappa shape index (κ1) is 16.0. The van der Waals surface area contributed by atoms with Crippen LogP contribution < -0.4 is 0 Å². The fourth-order valence-corrected chi connectivity index (χ4v) is 2.40. The molecule has 0 amide bonds. The predicted octanol–water partition coefficient (Wildman–Crippen LogP) is 2.68. The van der Waals surface area contributed by atoms with Crippen molar-refractivity contribution in [2.45, 2.75) is 40.0 Å². The highest BCUT2D eigenvalue weighted by molar-refractivity contribution is 9.10. The molecule has 0 N–H and O–H groups in total. The molecule has 2 heterocycles. The van der Waals surface area contributed by atoms with Gasteiger partial charge in [-0.25, -0.2) is 9.48 Å². The molecule has 2 aromatic heterocycles. The van der Waals surface area contributed by atoms with E-state index in [-0.39, 0.29) is 17.3 Å². The van der Waals surface area contributed by atoms with E-state index in [0.717, 1.165) is 6.42 Å². The summed E-state index contributed by atoms with van der Waals surface area (Å²) in [6.07, 6.45) is 2.52. The number of ether oxygens (including phenoxy) is 1. The maximum atomic E-state index is 12.0. The molecule has 0 aliphatic carbocycles. The predicted molar refractivity (Wildman–Crippen MR) is 80.0 cm³/mol. The van der Waals surface area contributed by atoms with Gasteiger partial charge in [0.05, 0.1) is 5.02 Å². The molecule has 0 aliphatic rings. The Bertz CT molecular complexity index is 640. The highest BCUT2D eigenvalue weighted by atomic mass is 79.9. The summed E-state index contributed by atoms with van der Waals surface area (Å²) >= 11 is 9.27. The summed E-state index contributed by atoms with van der Waals surface area (Å²) in [6, 6.07) is 0. The molecular weight excluding hydrogens is 362 g/mol. The lowest BCUT2D eigenvalue weighted by Crippen LogP contribution is -2.11. The molecule has 0 saturated heterocycles. The summed E-state index contributed by atoms with van der Waals surface area (Å²) in [5, 5.41) is 12.2. The lowest BCUT2D eigenvalue weighted by Gasteiger charge is -2.05. The quantitative estimate of drug-likeness (QED) is 0.725. The summed E-state index contributed by atoms with van der Waals surface area (Å²) in [7, 11) is 0. The van der Waals surface area contributed by atoms with E-state index in [4.69, 9.17) is 16.3 Å². The monoisotopic (exact) mass is 375 g/mol. The lowest BCUT2D eigenvalue weighted by atomic mass is 10.4. The van der Waals surface area contributed by atoms with Crippen molar-refractivity contribution in [2.75, 3.05) is 0 Å². The third-order valence-corrected chi connectivity index (χ3v) is 3.69. The lowest BCUT2D eigenvalue weighted by molar-refractivity contribution is 0.0453. The van der Waals surface area contributed by atoms with E-state index >= 15 is 0 Å². The molecule has 0 radical (unpaired) electrons. The fraction of sp³-hybridized carbons (Fsp3) is 0.500. The van der Waals surface area contributed by atoms with Crippen molar-refractivity contribution in [3.8, 4) is 0 Å². The van der Waals surface area contributed by atoms with E-state index in [1.165, 1.54) is 0 Å². The molecule has 0 unspecified atom stereocenters. The number of rotatable bonds is 6. The minimum absolute atomic E-state index is 0.0528. The van der Waals surface area contributed by atoms with E-state index in [2.05, 4.69) is 31.3 Å². The number of carbonyl (C=O) groups is 1. The van der Waals surface area contributed by atoms with Gasteiger partial charge < -0.3 is 4.74 Å². The number of aromatic nitrogens is 5. The third-order valence-electron chi connectivity index (χ3n) is 2.79. The Balaban J connectivity index is 2.06. The summed E-state index contributed by atoms with van der Waals surface area (Å²) < 4.78 is 9.07. The Labute approximate surface area is 135 Å². The topological polar surface area (TPSA) is 74.8 Å². The molecule has 0 saturated carbocycles. The van der Waals surface area contributed by atoms with E-state index in [1.54, 1.807) is 15.6 Å². The average Bonchev–Trinajstić information content (AvgIpc) is 3.00. The second-order valence-electron chi connectivity index (χ2n) is 4.31. The smallest absolute Gasteiger partial charge is 0.360 e. The van der Waals surface area contributed by atoms with Crippen LogP contribution in [0.5, 0.6) is 0 Å². The van der Waals surface area contributed by atoms with Crippen molar-refractivity contribution < 1.29 is 9.53 Å². The molecule has 9 heteroatoms. The minimum atomic E-state index is -0.564. The zero-order valence-electron chi connectivity index (χ0n) is 11.7. The number of hydrogen-bond donors (Lipinski definition) is 0. The molecule has 0 aliphatic heterocycles.